The van der Waals surface area contributed by atoms with Gasteiger partial charge in [0.25, 0.3) is 0 Å². The molecule has 1 heterocycles. The first kappa shape index (κ1) is 15.0. The molecule has 23 heavy (non-hydrogen) atoms. The number of hydrogen-bond acceptors (Lipinski definition) is 4. The number of aryl methyl sites for hydroxylation is 1. The largest absolute Gasteiger partial charge is 0.326 e. The average molecular weight is 304 g/mol. The van der Waals surface area contributed by atoms with Crippen molar-refractivity contribution in [3.05, 3.63) is 72.4 Å². The highest BCUT2D eigenvalue weighted by Gasteiger charge is 2.11. The first-order valence-corrected chi connectivity index (χ1v) is 7.76. The molecule has 0 aliphatic heterocycles. The maximum atomic E-state index is 4.68. The molecule has 0 bridgehead atoms. The van der Waals surface area contributed by atoms with Crippen LogP contribution in [0.5, 0.6) is 0 Å². The van der Waals surface area contributed by atoms with Gasteiger partial charge in [-0.3, -0.25) is 0 Å². The third kappa shape index (κ3) is 3.66. The fraction of sp³-hybridized carbons (Fsp3) is 0.158. The lowest BCUT2D eigenvalue weighted by Crippen LogP contribution is -2.18. The quantitative estimate of drug-likeness (QED) is 0.742. The SMILES string of the molecule is CCN(c1ccccc1)c1cc(C)nc(Nc2ccccc2)n1. The number of nitrogens with one attached hydrogen (secondary N) is 1. The average Bonchev–Trinajstić information content (AvgIpc) is 2.57. The molecule has 4 heteroatoms. The molecule has 0 atom stereocenters. The van der Waals surface area contributed by atoms with Crippen LogP contribution in [0.3, 0.4) is 0 Å². The Balaban J connectivity index is 1.93. The lowest BCUT2D eigenvalue weighted by molar-refractivity contribution is 0.969. The number of rotatable bonds is 5. The second-order valence-electron chi connectivity index (χ2n) is 5.26. The number of para-hydroxylation sites is 2. The van der Waals surface area contributed by atoms with Gasteiger partial charge in [-0.2, -0.15) is 4.98 Å². The van der Waals surface area contributed by atoms with E-state index in [1.807, 2.05) is 61.5 Å². The monoisotopic (exact) mass is 304 g/mol. The summed E-state index contributed by atoms with van der Waals surface area (Å²) >= 11 is 0. The van der Waals surface area contributed by atoms with Crippen molar-refractivity contribution in [2.75, 3.05) is 16.8 Å². The molecule has 1 N–H and O–H groups in total. The molecule has 0 fully saturated rings. The van der Waals surface area contributed by atoms with E-state index >= 15 is 0 Å². The Morgan fingerprint density at radius 1 is 0.913 bits per heavy atom. The normalized spacial score (nSPS) is 10.3. The fourth-order valence-corrected chi connectivity index (χ4v) is 2.48. The second-order valence-corrected chi connectivity index (χ2v) is 5.26. The Kier molecular flexibility index (Phi) is 4.52. The molecule has 1 aromatic heterocycles. The Hall–Kier alpha value is -2.88. The molecule has 0 aliphatic carbocycles. The van der Waals surface area contributed by atoms with Crippen molar-refractivity contribution in [1.82, 2.24) is 9.97 Å². The number of nitrogens with zero attached hydrogens (tertiary/aromatic N) is 3. The predicted molar refractivity (Wildman–Crippen MR) is 95.6 cm³/mol. The van der Waals surface area contributed by atoms with Gasteiger partial charge in [0.05, 0.1) is 0 Å². The third-order valence-corrected chi connectivity index (χ3v) is 3.53. The van der Waals surface area contributed by atoms with Crippen molar-refractivity contribution >= 4 is 23.1 Å². The first-order valence-electron chi connectivity index (χ1n) is 7.76. The van der Waals surface area contributed by atoms with Gasteiger partial charge in [0, 0.05) is 29.7 Å². The molecule has 0 aliphatic rings. The molecule has 4 nitrogen and oxygen atoms in total. The molecule has 0 unspecified atom stereocenters. The van der Waals surface area contributed by atoms with Gasteiger partial charge in [-0.05, 0) is 38.1 Å². The summed E-state index contributed by atoms with van der Waals surface area (Å²) in [4.78, 5) is 11.3. The van der Waals surface area contributed by atoms with Gasteiger partial charge < -0.3 is 10.2 Å². The van der Waals surface area contributed by atoms with Crippen LogP contribution in [0.2, 0.25) is 0 Å². The molecule has 0 saturated heterocycles. The maximum Gasteiger partial charge on any atom is 0.229 e. The standard InChI is InChI=1S/C19H20N4/c1-3-23(17-12-8-5-9-13-17)18-14-15(2)20-19(22-18)21-16-10-6-4-7-11-16/h4-14H,3H2,1-2H3,(H,20,21,22). The minimum atomic E-state index is 0.612. The van der Waals surface area contributed by atoms with E-state index < -0.39 is 0 Å². The summed E-state index contributed by atoms with van der Waals surface area (Å²) in [6, 6.07) is 22.2. The molecule has 0 saturated carbocycles. The van der Waals surface area contributed by atoms with Gasteiger partial charge in [0.1, 0.15) is 5.82 Å². The number of anilines is 4. The Bertz CT molecular complexity index is 757. The summed E-state index contributed by atoms with van der Waals surface area (Å²) in [6.45, 7) is 4.94. The lowest BCUT2D eigenvalue weighted by Gasteiger charge is -2.23. The van der Waals surface area contributed by atoms with Crippen LogP contribution in [0, 0.1) is 6.92 Å². The zero-order valence-corrected chi connectivity index (χ0v) is 13.4. The molecule has 0 radical (unpaired) electrons. The zero-order chi connectivity index (χ0) is 16.1. The highest BCUT2D eigenvalue weighted by molar-refractivity contribution is 5.62. The van der Waals surface area contributed by atoms with Crippen LogP contribution in [-0.4, -0.2) is 16.5 Å². The van der Waals surface area contributed by atoms with Crippen LogP contribution in [0.1, 0.15) is 12.6 Å². The summed E-state index contributed by atoms with van der Waals surface area (Å²) in [7, 11) is 0. The molecular formula is C19H20N4. The van der Waals surface area contributed by atoms with E-state index in [1.54, 1.807) is 0 Å². The lowest BCUT2D eigenvalue weighted by atomic mass is 10.2. The van der Waals surface area contributed by atoms with E-state index in [0.29, 0.717) is 5.95 Å². The summed E-state index contributed by atoms with van der Waals surface area (Å²) < 4.78 is 0. The van der Waals surface area contributed by atoms with Gasteiger partial charge in [-0.25, -0.2) is 4.98 Å². The van der Waals surface area contributed by atoms with Crippen molar-refractivity contribution < 1.29 is 0 Å². The Morgan fingerprint density at radius 2 is 1.57 bits per heavy atom. The van der Waals surface area contributed by atoms with E-state index in [4.69, 9.17) is 0 Å². The van der Waals surface area contributed by atoms with Gasteiger partial charge in [-0.1, -0.05) is 36.4 Å². The summed E-state index contributed by atoms with van der Waals surface area (Å²) in [6.07, 6.45) is 0. The molecule has 3 rings (SSSR count). The van der Waals surface area contributed by atoms with Crippen LogP contribution in [0.25, 0.3) is 0 Å². The molecule has 2 aromatic carbocycles. The predicted octanol–water partition coefficient (Wildman–Crippen LogP) is 4.69. The summed E-state index contributed by atoms with van der Waals surface area (Å²) in [5.41, 5.74) is 3.04. The highest BCUT2D eigenvalue weighted by atomic mass is 15.2. The van der Waals surface area contributed by atoms with Crippen LogP contribution in [0.4, 0.5) is 23.1 Å². The van der Waals surface area contributed by atoms with Crippen molar-refractivity contribution in [1.29, 1.82) is 0 Å². The Labute approximate surface area is 136 Å². The zero-order valence-electron chi connectivity index (χ0n) is 13.4. The maximum absolute atomic E-state index is 4.68. The molecule has 0 spiro atoms. The summed E-state index contributed by atoms with van der Waals surface area (Å²) in [5.74, 6) is 1.50. The van der Waals surface area contributed by atoms with Gasteiger partial charge in [-0.15, -0.1) is 0 Å². The van der Waals surface area contributed by atoms with Crippen LogP contribution < -0.4 is 10.2 Å². The van der Waals surface area contributed by atoms with Gasteiger partial charge in [0.2, 0.25) is 5.95 Å². The number of benzene rings is 2. The number of hydrogen-bond donors (Lipinski definition) is 1. The van der Waals surface area contributed by atoms with Crippen molar-refractivity contribution in [3.8, 4) is 0 Å². The minimum Gasteiger partial charge on any atom is -0.326 e. The van der Waals surface area contributed by atoms with Crippen LogP contribution in [0.15, 0.2) is 66.7 Å². The molecule has 3 aromatic rings. The highest BCUT2D eigenvalue weighted by Crippen LogP contribution is 2.25. The van der Waals surface area contributed by atoms with E-state index in [9.17, 15) is 0 Å². The molecule has 116 valence electrons. The third-order valence-electron chi connectivity index (χ3n) is 3.53. The molecular weight excluding hydrogens is 284 g/mol. The van der Waals surface area contributed by atoms with Gasteiger partial charge >= 0.3 is 0 Å². The van der Waals surface area contributed by atoms with E-state index in [0.717, 1.165) is 29.4 Å². The minimum absolute atomic E-state index is 0.612. The van der Waals surface area contributed by atoms with Crippen molar-refractivity contribution in [2.45, 2.75) is 13.8 Å². The van der Waals surface area contributed by atoms with Gasteiger partial charge in [0.15, 0.2) is 0 Å². The van der Waals surface area contributed by atoms with Crippen LogP contribution in [-0.2, 0) is 0 Å². The van der Waals surface area contributed by atoms with Crippen LogP contribution >= 0.6 is 0 Å². The second kappa shape index (κ2) is 6.92. The summed E-state index contributed by atoms with van der Waals surface area (Å²) in [5, 5.41) is 3.27. The van der Waals surface area contributed by atoms with Crippen molar-refractivity contribution in [3.63, 3.8) is 0 Å². The fourth-order valence-electron chi connectivity index (χ4n) is 2.48. The van der Waals surface area contributed by atoms with Crippen molar-refractivity contribution in [2.24, 2.45) is 0 Å². The first-order chi connectivity index (χ1) is 11.3. The molecule has 0 amide bonds. The smallest absolute Gasteiger partial charge is 0.229 e. The van der Waals surface area contributed by atoms with E-state index in [-0.39, 0.29) is 0 Å². The number of aromatic nitrogens is 2. The Morgan fingerprint density at radius 3 is 2.22 bits per heavy atom. The van der Waals surface area contributed by atoms with E-state index in [1.165, 1.54) is 0 Å². The topological polar surface area (TPSA) is 41.1 Å². The van der Waals surface area contributed by atoms with E-state index in [2.05, 4.69) is 39.2 Å².